The van der Waals surface area contributed by atoms with Gasteiger partial charge in [-0.15, -0.1) is 0 Å². The van der Waals surface area contributed by atoms with E-state index < -0.39 is 0 Å². The summed E-state index contributed by atoms with van der Waals surface area (Å²) in [6.45, 7) is 11.9. The summed E-state index contributed by atoms with van der Waals surface area (Å²) in [5.41, 5.74) is 15.2. The highest BCUT2D eigenvalue weighted by molar-refractivity contribution is 5.95. The van der Waals surface area contributed by atoms with Gasteiger partial charge in [0.05, 0.1) is 0 Å². The van der Waals surface area contributed by atoms with Crippen molar-refractivity contribution in [3.8, 4) is 11.3 Å². The Labute approximate surface area is 157 Å². The molecular weight excluding hydrogens is 316 g/mol. The van der Waals surface area contributed by atoms with Gasteiger partial charge in [-0.05, 0) is 72.9 Å². The molecule has 0 aliphatic rings. The zero-order valence-corrected chi connectivity index (χ0v) is 16.9. The number of aromatic amines is 1. The van der Waals surface area contributed by atoms with Crippen molar-refractivity contribution >= 4 is 10.9 Å². The van der Waals surface area contributed by atoms with Gasteiger partial charge in [0, 0.05) is 16.6 Å². The number of hydrogen-bond donors (Lipinski definition) is 2. The van der Waals surface area contributed by atoms with Crippen LogP contribution < -0.4 is 5.73 Å². The van der Waals surface area contributed by atoms with Gasteiger partial charge in [-0.2, -0.15) is 0 Å². The van der Waals surface area contributed by atoms with Gasteiger partial charge in [-0.3, -0.25) is 0 Å². The van der Waals surface area contributed by atoms with E-state index in [0.717, 1.165) is 25.8 Å². The maximum absolute atomic E-state index is 5.73. The van der Waals surface area contributed by atoms with Gasteiger partial charge < -0.3 is 10.7 Å². The lowest BCUT2D eigenvalue weighted by atomic mass is 9.86. The first-order valence-corrected chi connectivity index (χ1v) is 9.74. The molecule has 0 fully saturated rings. The van der Waals surface area contributed by atoms with Gasteiger partial charge in [0.15, 0.2) is 0 Å². The molecule has 138 valence electrons. The van der Waals surface area contributed by atoms with Gasteiger partial charge in [-0.25, -0.2) is 0 Å². The van der Waals surface area contributed by atoms with E-state index in [1.54, 1.807) is 0 Å². The fourth-order valence-electron chi connectivity index (χ4n) is 3.77. The Hall–Kier alpha value is -2.06. The van der Waals surface area contributed by atoms with E-state index in [2.05, 4.69) is 76.0 Å². The van der Waals surface area contributed by atoms with E-state index in [0.29, 0.717) is 0 Å². The highest BCUT2D eigenvalue weighted by atomic mass is 14.7. The molecule has 0 unspecified atom stereocenters. The van der Waals surface area contributed by atoms with Gasteiger partial charge in [0.25, 0.3) is 0 Å². The summed E-state index contributed by atoms with van der Waals surface area (Å²) in [5, 5.41) is 1.40. The predicted octanol–water partition coefficient (Wildman–Crippen LogP) is 6.03. The predicted molar refractivity (Wildman–Crippen MR) is 114 cm³/mol. The lowest BCUT2D eigenvalue weighted by Gasteiger charge is -2.19. The van der Waals surface area contributed by atoms with E-state index in [1.165, 1.54) is 44.4 Å². The Kier molecular flexibility index (Phi) is 5.24. The number of hydrogen-bond acceptors (Lipinski definition) is 1. The van der Waals surface area contributed by atoms with Crippen molar-refractivity contribution < 1.29 is 0 Å². The van der Waals surface area contributed by atoms with Crippen LogP contribution in [0.4, 0.5) is 0 Å². The largest absolute Gasteiger partial charge is 0.354 e. The van der Waals surface area contributed by atoms with Crippen LogP contribution in [0.3, 0.4) is 0 Å². The molecule has 0 spiro atoms. The first-order chi connectivity index (χ1) is 12.3. The first kappa shape index (κ1) is 18.7. The minimum atomic E-state index is 0.177. The molecule has 3 rings (SSSR count). The van der Waals surface area contributed by atoms with Crippen molar-refractivity contribution in [2.24, 2.45) is 5.73 Å². The number of unbranched alkanes of at least 4 members (excludes halogenated alkanes) is 1. The zero-order valence-electron chi connectivity index (χ0n) is 16.9. The molecule has 2 heteroatoms. The number of fused-ring (bicyclic) bond motifs is 1. The van der Waals surface area contributed by atoms with Crippen LogP contribution in [-0.2, 0) is 11.8 Å². The van der Waals surface area contributed by atoms with Crippen molar-refractivity contribution in [2.75, 3.05) is 6.54 Å². The minimum absolute atomic E-state index is 0.177. The van der Waals surface area contributed by atoms with Crippen molar-refractivity contribution in [1.29, 1.82) is 0 Å². The number of nitrogens with one attached hydrogen (secondary N) is 1. The van der Waals surface area contributed by atoms with Crippen LogP contribution in [0.2, 0.25) is 0 Å². The summed E-state index contributed by atoms with van der Waals surface area (Å²) in [6.07, 6.45) is 3.27. The number of H-pyrrole nitrogens is 1. The summed E-state index contributed by atoms with van der Waals surface area (Å²) in [5.74, 6) is 0. The third-order valence-corrected chi connectivity index (χ3v) is 5.40. The molecule has 0 aliphatic heterocycles. The third-order valence-electron chi connectivity index (χ3n) is 5.40. The monoisotopic (exact) mass is 348 g/mol. The summed E-state index contributed by atoms with van der Waals surface area (Å²) in [6, 6.07) is 13.5. The molecule has 1 aromatic heterocycles. The highest BCUT2D eigenvalue weighted by Crippen LogP contribution is 2.35. The Balaban J connectivity index is 2.13. The van der Waals surface area contributed by atoms with Crippen LogP contribution in [0.15, 0.2) is 36.4 Å². The molecule has 3 N–H and O–H groups in total. The standard InChI is InChI=1S/C24H32N2/c1-16-9-10-17(2)22-21(16)20(8-6-7-15-25)23(26-22)18-11-13-19(14-12-18)24(3,4)5/h9-14,26H,6-8,15,25H2,1-5H3. The number of nitrogens with two attached hydrogens (primary N) is 1. The van der Waals surface area contributed by atoms with Crippen LogP contribution >= 0.6 is 0 Å². The normalized spacial score (nSPS) is 12.1. The van der Waals surface area contributed by atoms with Gasteiger partial charge >= 0.3 is 0 Å². The fraction of sp³-hybridized carbons (Fsp3) is 0.417. The van der Waals surface area contributed by atoms with Crippen molar-refractivity contribution in [1.82, 2.24) is 4.98 Å². The van der Waals surface area contributed by atoms with E-state index in [1.807, 2.05) is 0 Å². The maximum atomic E-state index is 5.73. The molecule has 0 saturated carbocycles. The molecule has 0 aliphatic carbocycles. The molecule has 26 heavy (non-hydrogen) atoms. The zero-order chi connectivity index (χ0) is 18.9. The van der Waals surface area contributed by atoms with E-state index in [-0.39, 0.29) is 5.41 Å². The molecule has 2 nitrogen and oxygen atoms in total. The molecule has 0 amide bonds. The van der Waals surface area contributed by atoms with E-state index in [9.17, 15) is 0 Å². The smallest absolute Gasteiger partial charge is 0.0497 e. The highest BCUT2D eigenvalue weighted by Gasteiger charge is 2.17. The number of aryl methyl sites for hydroxylation is 3. The van der Waals surface area contributed by atoms with Crippen LogP contribution in [0, 0.1) is 13.8 Å². The molecule has 3 aromatic rings. The summed E-state index contributed by atoms with van der Waals surface area (Å²) in [7, 11) is 0. The van der Waals surface area contributed by atoms with Crippen LogP contribution in [0.5, 0.6) is 0 Å². The van der Waals surface area contributed by atoms with Gasteiger partial charge in [-0.1, -0.05) is 57.2 Å². The fourth-order valence-corrected chi connectivity index (χ4v) is 3.77. The number of benzene rings is 2. The van der Waals surface area contributed by atoms with Gasteiger partial charge in [0.1, 0.15) is 0 Å². The van der Waals surface area contributed by atoms with Crippen LogP contribution in [0.1, 0.15) is 55.9 Å². The van der Waals surface area contributed by atoms with Crippen molar-refractivity contribution in [2.45, 2.75) is 59.3 Å². The second kappa shape index (κ2) is 7.28. The molecular formula is C24H32N2. The van der Waals surface area contributed by atoms with Gasteiger partial charge in [0.2, 0.25) is 0 Å². The molecule has 0 saturated heterocycles. The Bertz CT molecular complexity index is 893. The summed E-state index contributed by atoms with van der Waals surface area (Å²) in [4.78, 5) is 3.74. The molecule has 0 atom stereocenters. The van der Waals surface area contributed by atoms with Crippen LogP contribution in [-0.4, -0.2) is 11.5 Å². The SMILES string of the molecule is Cc1ccc(C)c2c(CCCCN)c(-c3ccc(C(C)(C)C)cc3)[nH]c12. The van der Waals surface area contributed by atoms with Crippen LogP contribution in [0.25, 0.3) is 22.2 Å². The third kappa shape index (κ3) is 3.57. The average molecular weight is 349 g/mol. The summed E-state index contributed by atoms with van der Waals surface area (Å²) < 4.78 is 0. The van der Waals surface area contributed by atoms with E-state index >= 15 is 0 Å². The second-order valence-corrected chi connectivity index (χ2v) is 8.50. The summed E-state index contributed by atoms with van der Waals surface area (Å²) >= 11 is 0. The van der Waals surface area contributed by atoms with Crippen molar-refractivity contribution in [3.05, 3.63) is 58.7 Å². The lowest BCUT2D eigenvalue weighted by molar-refractivity contribution is 0.590. The van der Waals surface area contributed by atoms with Crippen molar-refractivity contribution in [3.63, 3.8) is 0 Å². The number of rotatable bonds is 5. The second-order valence-electron chi connectivity index (χ2n) is 8.50. The topological polar surface area (TPSA) is 41.8 Å². The molecule has 0 bridgehead atoms. The molecule has 0 radical (unpaired) electrons. The lowest BCUT2D eigenvalue weighted by Crippen LogP contribution is -2.10. The Morgan fingerprint density at radius 1 is 0.885 bits per heavy atom. The minimum Gasteiger partial charge on any atom is -0.354 e. The molecule has 1 heterocycles. The Morgan fingerprint density at radius 3 is 2.15 bits per heavy atom. The Morgan fingerprint density at radius 2 is 1.54 bits per heavy atom. The first-order valence-electron chi connectivity index (χ1n) is 9.74. The molecule has 2 aromatic carbocycles. The number of aromatic nitrogens is 1. The van der Waals surface area contributed by atoms with E-state index in [4.69, 9.17) is 5.73 Å². The average Bonchev–Trinajstić information content (AvgIpc) is 2.99. The quantitative estimate of drug-likeness (QED) is 0.543. The maximum Gasteiger partial charge on any atom is 0.0497 e.